The quantitative estimate of drug-likeness (QED) is 0.469. The third-order valence-electron chi connectivity index (χ3n) is 7.10. The van der Waals surface area contributed by atoms with E-state index in [-0.39, 0.29) is 23.1 Å². The molecule has 0 saturated carbocycles. The van der Waals surface area contributed by atoms with Crippen molar-refractivity contribution in [2.24, 2.45) is 5.41 Å². The first-order valence-electron chi connectivity index (χ1n) is 12.5. The smallest absolute Gasteiger partial charge is 0.295 e. The Hall–Kier alpha value is -3.46. The molecule has 1 aromatic carbocycles. The van der Waals surface area contributed by atoms with Gasteiger partial charge in [-0.2, -0.15) is 0 Å². The maximum atomic E-state index is 12.8. The lowest BCUT2D eigenvalue weighted by atomic mass is 9.88. The molecule has 3 heterocycles. The van der Waals surface area contributed by atoms with Gasteiger partial charge in [0.1, 0.15) is 0 Å². The molecule has 9 nitrogen and oxygen atoms in total. The van der Waals surface area contributed by atoms with E-state index in [2.05, 4.69) is 72.7 Å². The molecule has 3 aromatic rings. The van der Waals surface area contributed by atoms with Crippen LogP contribution in [0, 0.1) is 5.41 Å². The van der Waals surface area contributed by atoms with Gasteiger partial charge in [0.25, 0.3) is 5.91 Å². The molecule has 1 aliphatic rings. The van der Waals surface area contributed by atoms with Crippen molar-refractivity contribution in [3.8, 4) is 0 Å². The Morgan fingerprint density at radius 1 is 1.28 bits per heavy atom. The van der Waals surface area contributed by atoms with Crippen molar-refractivity contribution in [1.29, 1.82) is 0 Å². The third kappa shape index (κ3) is 5.67. The lowest BCUT2D eigenvalue weighted by molar-refractivity contribution is -0.125. The van der Waals surface area contributed by atoms with E-state index in [0.29, 0.717) is 25.1 Å². The summed E-state index contributed by atoms with van der Waals surface area (Å²) in [6.07, 6.45) is 6.45. The van der Waals surface area contributed by atoms with E-state index in [9.17, 15) is 9.59 Å². The maximum Gasteiger partial charge on any atom is 0.295 e. The maximum absolute atomic E-state index is 12.8. The number of likely N-dealkylation sites (tertiary alicyclic amines) is 1. The second kappa shape index (κ2) is 10.7. The first-order chi connectivity index (χ1) is 17.2. The van der Waals surface area contributed by atoms with E-state index < -0.39 is 5.91 Å². The Bertz CT molecular complexity index is 1220. The van der Waals surface area contributed by atoms with E-state index in [0.717, 1.165) is 42.4 Å². The topological polar surface area (TPSA) is 105 Å². The highest BCUT2D eigenvalue weighted by Gasteiger charge is 2.26. The number of imidazole rings is 1. The highest BCUT2D eigenvalue weighted by molar-refractivity contribution is 6.02. The number of benzene rings is 1. The van der Waals surface area contributed by atoms with E-state index in [1.807, 2.05) is 4.90 Å². The lowest BCUT2D eigenvalue weighted by Crippen LogP contribution is -2.37. The molecule has 2 amide bonds. The molecule has 36 heavy (non-hydrogen) atoms. The molecule has 0 unspecified atom stereocenters. The van der Waals surface area contributed by atoms with Gasteiger partial charge in [-0.3, -0.25) is 14.9 Å². The van der Waals surface area contributed by atoms with E-state index in [1.165, 1.54) is 18.7 Å². The molecule has 0 bridgehead atoms. The predicted octanol–water partition coefficient (Wildman–Crippen LogP) is 4.54. The summed E-state index contributed by atoms with van der Waals surface area (Å²) in [7, 11) is 0. The summed E-state index contributed by atoms with van der Waals surface area (Å²) >= 11 is 0. The first-order valence-corrected chi connectivity index (χ1v) is 12.5. The molecule has 1 saturated heterocycles. The molecule has 2 N–H and O–H groups in total. The fourth-order valence-electron chi connectivity index (χ4n) is 4.47. The van der Waals surface area contributed by atoms with Gasteiger partial charge in [-0.15, -0.1) is 0 Å². The van der Waals surface area contributed by atoms with Gasteiger partial charge in [0.2, 0.25) is 17.6 Å². The highest BCUT2D eigenvalue weighted by atomic mass is 16.3. The van der Waals surface area contributed by atoms with Gasteiger partial charge in [-0.1, -0.05) is 33.4 Å². The van der Waals surface area contributed by atoms with Crippen LogP contribution in [-0.4, -0.2) is 50.4 Å². The highest BCUT2D eigenvalue weighted by Crippen LogP contribution is 2.32. The van der Waals surface area contributed by atoms with Crippen LogP contribution in [0.15, 0.2) is 47.9 Å². The molecule has 1 fully saturated rings. The predicted molar refractivity (Wildman–Crippen MR) is 140 cm³/mol. The van der Waals surface area contributed by atoms with Crippen LogP contribution < -0.4 is 10.6 Å². The van der Waals surface area contributed by atoms with Crippen LogP contribution in [0.4, 0.5) is 5.95 Å². The number of rotatable bonds is 7. The minimum absolute atomic E-state index is 0.0494. The zero-order valence-electron chi connectivity index (χ0n) is 21.6. The molecular formula is C27H36N6O3. The molecule has 2 aromatic heterocycles. The van der Waals surface area contributed by atoms with Crippen molar-refractivity contribution in [2.45, 2.75) is 65.6 Å². The number of hydrogen-bond donors (Lipinski definition) is 2. The first kappa shape index (κ1) is 25.6. The summed E-state index contributed by atoms with van der Waals surface area (Å²) in [4.78, 5) is 35.5. The Balaban J connectivity index is 1.64. The molecule has 2 atom stereocenters. The van der Waals surface area contributed by atoms with E-state index >= 15 is 0 Å². The fraction of sp³-hybridized carbons (Fsp3) is 0.481. The van der Waals surface area contributed by atoms with Gasteiger partial charge in [-0.05, 0) is 55.4 Å². The molecule has 0 spiro atoms. The Morgan fingerprint density at radius 2 is 2.08 bits per heavy atom. The van der Waals surface area contributed by atoms with Gasteiger partial charge in [-0.25, -0.2) is 9.97 Å². The van der Waals surface area contributed by atoms with Gasteiger partial charge < -0.3 is 19.2 Å². The number of oxazole rings is 1. The van der Waals surface area contributed by atoms with E-state index in [4.69, 9.17) is 9.40 Å². The van der Waals surface area contributed by atoms with Crippen molar-refractivity contribution < 1.29 is 14.0 Å². The molecular weight excluding hydrogens is 456 g/mol. The molecule has 0 radical (unpaired) electrons. The summed E-state index contributed by atoms with van der Waals surface area (Å²) in [6, 6.07) is 6.67. The Morgan fingerprint density at radius 3 is 2.78 bits per heavy atom. The van der Waals surface area contributed by atoms with Crippen LogP contribution in [0.3, 0.4) is 0 Å². The second-order valence-corrected chi connectivity index (χ2v) is 10.5. The SMILES string of the molecule is C=CC(=O)N1CCC[C@@H](n2c(NC(=O)c3cnco3)nc3cc(CN[C@@H](C)C(C)(C)C)ccc32)CC1. The number of fused-ring (bicyclic) bond motifs is 1. The van der Waals surface area contributed by atoms with Crippen molar-refractivity contribution >= 4 is 28.8 Å². The number of hydrogen-bond acceptors (Lipinski definition) is 6. The largest absolute Gasteiger partial charge is 0.438 e. The Kier molecular flexibility index (Phi) is 7.59. The van der Waals surface area contributed by atoms with Crippen molar-refractivity contribution in [3.63, 3.8) is 0 Å². The number of nitrogens with one attached hydrogen (secondary N) is 2. The van der Waals surface area contributed by atoms with Crippen LogP contribution >= 0.6 is 0 Å². The molecule has 0 aliphatic carbocycles. The summed E-state index contributed by atoms with van der Waals surface area (Å²) in [5, 5.41) is 6.52. The fourth-order valence-corrected chi connectivity index (χ4v) is 4.47. The number of anilines is 1. The van der Waals surface area contributed by atoms with Gasteiger partial charge in [0, 0.05) is 31.7 Å². The number of carbonyl (C=O) groups excluding carboxylic acids is 2. The Labute approximate surface area is 212 Å². The lowest BCUT2D eigenvalue weighted by Gasteiger charge is -2.28. The molecule has 1 aliphatic heterocycles. The average Bonchev–Trinajstić information content (AvgIpc) is 3.43. The van der Waals surface area contributed by atoms with Crippen LogP contribution in [0.2, 0.25) is 0 Å². The van der Waals surface area contributed by atoms with Gasteiger partial charge in [0.15, 0.2) is 6.39 Å². The zero-order chi connectivity index (χ0) is 25.9. The number of nitrogens with zero attached hydrogens (tertiary/aromatic N) is 4. The minimum Gasteiger partial charge on any atom is -0.438 e. The summed E-state index contributed by atoms with van der Waals surface area (Å²) < 4.78 is 7.28. The number of amides is 2. The average molecular weight is 493 g/mol. The van der Waals surface area contributed by atoms with Gasteiger partial charge >= 0.3 is 0 Å². The van der Waals surface area contributed by atoms with Crippen molar-refractivity contribution in [1.82, 2.24) is 24.8 Å². The molecule has 9 heteroatoms. The van der Waals surface area contributed by atoms with Crippen molar-refractivity contribution in [3.05, 3.63) is 54.8 Å². The van der Waals surface area contributed by atoms with Crippen molar-refractivity contribution in [2.75, 3.05) is 18.4 Å². The van der Waals surface area contributed by atoms with Crippen LogP contribution in [0.1, 0.15) is 69.1 Å². The van der Waals surface area contributed by atoms with Crippen LogP contribution in [0.25, 0.3) is 11.0 Å². The van der Waals surface area contributed by atoms with Crippen LogP contribution in [-0.2, 0) is 11.3 Å². The van der Waals surface area contributed by atoms with Crippen LogP contribution in [0.5, 0.6) is 0 Å². The monoisotopic (exact) mass is 492 g/mol. The zero-order valence-corrected chi connectivity index (χ0v) is 21.6. The normalized spacial score (nSPS) is 17.6. The summed E-state index contributed by atoms with van der Waals surface area (Å²) in [6.45, 7) is 14.5. The third-order valence-corrected chi connectivity index (χ3v) is 7.10. The molecule has 4 rings (SSSR count). The molecule has 192 valence electrons. The summed E-state index contributed by atoms with van der Waals surface area (Å²) in [5.41, 5.74) is 3.04. The van der Waals surface area contributed by atoms with Gasteiger partial charge in [0.05, 0.1) is 17.2 Å². The minimum atomic E-state index is -0.401. The second-order valence-electron chi connectivity index (χ2n) is 10.5. The number of aromatic nitrogens is 3. The summed E-state index contributed by atoms with van der Waals surface area (Å²) in [5.74, 6) is 0.139. The standard InChI is InChI=1S/C27H36N6O3/c1-6-24(34)32-12-7-8-20(11-13-32)33-22-10-9-19(15-29-18(2)27(3,4)5)14-21(22)30-26(33)31-25(35)23-16-28-17-36-23/h6,9-10,14,16-18,20,29H,1,7-8,11-13,15H2,2-5H3,(H,30,31,35)/t18-,20+/m0/s1. The number of carbonyl (C=O) groups is 2. The van der Waals surface area contributed by atoms with E-state index in [1.54, 1.807) is 0 Å².